The molecule has 0 atom stereocenters. The van der Waals surface area contributed by atoms with Gasteiger partial charge in [-0.2, -0.15) is 0 Å². The Kier molecular flexibility index (Phi) is 6.18. The third-order valence-corrected chi connectivity index (χ3v) is 6.31. The molecule has 0 bridgehead atoms. The third kappa shape index (κ3) is 4.33. The number of aromatic nitrogens is 2. The lowest BCUT2D eigenvalue weighted by atomic mass is 10.2. The van der Waals surface area contributed by atoms with Gasteiger partial charge in [-0.1, -0.05) is 17.8 Å². The maximum atomic E-state index is 12.3. The van der Waals surface area contributed by atoms with E-state index in [-0.39, 0.29) is 5.91 Å². The van der Waals surface area contributed by atoms with Crippen LogP contribution in [0.3, 0.4) is 0 Å². The molecule has 2 aromatic heterocycles. The van der Waals surface area contributed by atoms with E-state index in [1.54, 1.807) is 31.9 Å². The maximum Gasteiger partial charge on any atom is 0.230 e. The van der Waals surface area contributed by atoms with Crippen LogP contribution in [0.15, 0.2) is 29.6 Å². The molecule has 1 aromatic carbocycles. The zero-order valence-corrected chi connectivity index (χ0v) is 17.3. The molecule has 0 unspecified atom stereocenters. The molecule has 0 saturated carbocycles. The van der Waals surface area contributed by atoms with Gasteiger partial charge in [-0.25, -0.2) is 9.97 Å². The van der Waals surface area contributed by atoms with Crippen LogP contribution in [0.2, 0.25) is 0 Å². The smallest absolute Gasteiger partial charge is 0.230 e. The van der Waals surface area contributed by atoms with Gasteiger partial charge in [-0.15, -0.1) is 11.3 Å². The average Bonchev–Trinajstić information content (AvgIpc) is 2.98. The van der Waals surface area contributed by atoms with E-state index >= 15 is 0 Å². The minimum absolute atomic E-state index is 0.0499. The Labute approximate surface area is 166 Å². The molecule has 0 radical (unpaired) electrons. The molecule has 3 aromatic rings. The third-order valence-electron chi connectivity index (χ3n) is 4.21. The van der Waals surface area contributed by atoms with Crippen molar-refractivity contribution in [3.8, 4) is 11.5 Å². The van der Waals surface area contributed by atoms with Crippen LogP contribution in [-0.2, 0) is 11.3 Å². The van der Waals surface area contributed by atoms with Crippen molar-refractivity contribution in [2.24, 2.45) is 0 Å². The fourth-order valence-electron chi connectivity index (χ4n) is 2.64. The van der Waals surface area contributed by atoms with E-state index in [4.69, 9.17) is 9.47 Å². The standard InChI is InChI=1S/C19H21N3O3S2/c1-11-12(2)27-19-17(11)18(21-10-22-19)26-9-16(23)20-8-13-5-6-14(24-3)15(7-13)25-4/h5-7,10H,8-9H2,1-4H3,(H,20,23). The molecule has 1 N–H and O–H groups in total. The minimum Gasteiger partial charge on any atom is -0.493 e. The number of carbonyl (C=O) groups excluding carboxylic acids is 1. The predicted molar refractivity (Wildman–Crippen MR) is 109 cm³/mol. The van der Waals surface area contributed by atoms with Crippen molar-refractivity contribution in [1.82, 2.24) is 15.3 Å². The van der Waals surface area contributed by atoms with Crippen LogP contribution in [0.4, 0.5) is 0 Å². The topological polar surface area (TPSA) is 73.3 Å². The van der Waals surface area contributed by atoms with E-state index in [1.165, 1.54) is 22.2 Å². The molecule has 27 heavy (non-hydrogen) atoms. The molecule has 1 amide bonds. The number of amides is 1. The molecule has 0 fully saturated rings. The first-order chi connectivity index (χ1) is 13.0. The van der Waals surface area contributed by atoms with Gasteiger partial charge in [0.1, 0.15) is 16.2 Å². The summed E-state index contributed by atoms with van der Waals surface area (Å²) < 4.78 is 10.5. The summed E-state index contributed by atoms with van der Waals surface area (Å²) >= 11 is 3.09. The second kappa shape index (κ2) is 8.58. The quantitative estimate of drug-likeness (QED) is 0.479. The second-order valence-electron chi connectivity index (χ2n) is 5.90. The highest BCUT2D eigenvalue weighted by Gasteiger charge is 2.14. The lowest BCUT2D eigenvalue weighted by Gasteiger charge is -2.10. The summed E-state index contributed by atoms with van der Waals surface area (Å²) in [4.78, 5) is 23.1. The number of fused-ring (bicyclic) bond motifs is 1. The van der Waals surface area contributed by atoms with Crippen molar-refractivity contribution >= 4 is 39.2 Å². The van der Waals surface area contributed by atoms with Crippen molar-refractivity contribution < 1.29 is 14.3 Å². The van der Waals surface area contributed by atoms with Crippen LogP contribution >= 0.6 is 23.1 Å². The van der Waals surface area contributed by atoms with Crippen molar-refractivity contribution in [1.29, 1.82) is 0 Å². The average molecular weight is 404 g/mol. The lowest BCUT2D eigenvalue weighted by molar-refractivity contribution is -0.118. The number of thioether (sulfide) groups is 1. The molecule has 142 valence electrons. The monoisotopic (exact) mass is 403 g/mol. The summed E-state index contributed by atoms with van der Waals surface area (Å²) in [6, 6.07) is 5.59. The van der Waals surface area contributed by atoms with E-state index in [2.05, 4.69) is 29.1 Å². The number of hydrogen-bond acceptors (Lipinski definition) is 7. The molecule has 0 spiro atoms. The number of aryl methyl sites for hydroxylation is 2. The summed E-state index contributed by atoms with van der Waals surface area (Å²) in [6.45, 7) is 4.57. The number of methoxy groups -OCH3 is 2. The number of nitrogens with one attached hydrogen (secondary N) is 1. The molecule has 6 nitrogen and oxygen atoms in total. The fourth-order valence-corrected chi connectivity index (χ4v) is 4.58. The van der Waals surface area contributed by atoms with Gasteiger partial charge in [0, 0.05) is 16.8 Å². The number of ether oxygens (including phenoxy) is 2. The van der Waals surface area contributed by atoms with Crippen LogP contribution in [0.5, 0.6) is 11.5 Å². The van der Waals surface area contributed by atoms with Gasteiger partial charge in [0.2, 0.25) is 5.91 Å². The number of benzene rings is 1. The first kappa shape index (κ1) is 19.4. The molecule has 2 heterocycles. The predicted octanol–water partition coefficient (Wildman–Crippen LogP) is 3.73. The Morgan fingerprint density at radius 2 is 1.96 bits per heavy atom. The van der Waals surface area contributed by atoms with Crippen LogP contribution in [-0.4, -0.2) is 35.8 Å². The summed E-state index contributed by atoms with van der Waals surface area (Å²) in [7, 11) is 3.19. The van der Waals surface area contributed by atoms with Gasteiger partial charge in [-0.05, 0) is 37.1 Å². The minimum atomic E-state index is -0.0499. The lowest BCUT2D eigenvalue weighted by Crippen LogP contribution is -2.24. The molecular formula is C19H21N3O3S2. The van der Waals surface area contributed by atoms with E-state index in [1.807, 2.05) is 18.2 Å². The molecule has 0 aliphatic heterocycles. The van der Waals surface area contributed by atoms with Gasteiger partial charge >= 0.3 is 0 Å². The molecule has 0 aliphatic rings. The van der Waals surface area contributed by atoms with Gasteiger partial charge in [-0.3, -0.25) is 4.79 Å². The summed E-state index contributed by atoms with van der Waals surface area (Å²) in [5.74, 6) is 1.56. The molecular weight excluding hydrogens is 382 g/mol. The first-order valence-corrected chi connectivity index (χ1v) is 10.1. The van der Waals surface area contributed by atoms with E-state index in [0.29, 0.717) is 23.8 Å². The Bertz CT molecular complexity index is 972. The maximum absolute atomic E-state index is 12.3. The number of hydrogen-bond donors (Lipinski definition) is 1. The number of carbonyl (C=O) groups is 1. The number of rotatable bonds is 7. The Morgan fingerprint density at radius 1 is 1.19 bits per heavy atom. The summed E-state index contributed by atoms with van der Waals surface area (Å²) in [5.41, 5.74) is 2.13. The molecule has 8 heteroatoms. The van der Waals surface area contributed by atoms with Crippen molar-refractivity contribution in [2.45, 2.75) is 25.4 Å². The first-order valence-electron chi connectivity index (χ1n) is 8.34. The SMILES string of the molecule is COc1ccc(CNC(=O)CSc2ncnc3sc(C)c(C)c23)cc1OC. The summed E-state index contributed by atoms with van der Waals surface area (Å²) in [5, 5.41) is 4.83. The highest BCUT2D eigenvalue weighted by molar-refractivity contribution is 8.00. The van der Waals surface area contributed by atoms with Crippen LogP contribution in [0.1, 0.15) is 16.0 Å². The Morgan fingerprint density at radius 3 is 2.70 bits per heavy atom. The fraction of sp³-hybridized carbons (Fsp3) is 0.316. The van der Waals surface area contributed by atoms with Gasteiger partial charge < -0.3 is 14.8 Å². The largest absolute Gasteiger partial charge is 0.493 e. The number of nitrogens with zero attached hydrogens (tertiary/aromatic N) is 2. The van der Waals surface area contributed by atoms with Crippen LogP contribution in [0.25, 0.3) is 10.2 Å². The van der Waals surface area contributed by atoms with Crippen molar-refractivity contribution in [3.63, 3.8) is 0 Å². The van der Waals surface area contributed by atoms with E-state index < -0.39 is 0 Å². The van der Waals surface area contributed by atoms with Crippen molar-refractivity contribution in [3.05, 3.63) is 40.5 Å². The zero-order valence-electron chi connectivity index (χ0n) is 15.7. The van der Waals surface area contributed by atoms with Crippen LogP contribution < -0.4 is 14.8 Å². The van der Waals surface area contributed by atoms with Crippen LogP contribution in [0, 0.1) is 13.8 Å². The summed E-state index contributed by atoms with van der Waals surface area (Å²) in [6.07, 6.45) is 1.56. The molecule has 3 rings (SSSR count). The molecule has 0 aliphatic carbocycles. The van der Waals surface area contributed by atoms with E-state index in [9.17, 15) is 4.79 Å². The Hall–Kier alpha value is -2.32. The van der Waals surface area contributed by atoms with Gasteiger partial charge in [0.15, 0.2) is 11.5 Å². The highest BCUT2D eigenvalue weighted by atomic mass is 32.2. The molecule has 0 saturated heterocycles. The normalized spacial score (nSPS) is 10.8. The van der Waals surface area contributed by atoms with Gasteiger partial charge in [0.25, 0.3) is 0 Å². The van der Waals surface area contributed by atoms with E-state index in [0.717, 1.165) is 20.8 Å². The Balaban J connectivity index is 1.61. The van der Waals surface area contributed by atoms with Crippen molar-refractivity contribution in [2.75, 3.05) is 20.0 Å². The second-order valence-corrected chi connectivity index (χ2v) is 8.06. The van der Waals surface area contributed by atoms with Gasteiger partial charge in [0.05, 0.1) is 20.0 Å². The zero-order chi connectivity index (χ0) is 19.4. The highest BCUT2D eigenvalue weighted by Crippen LogP contribution is 2.34. The number of thiophene rings is 1.